The molecule has 0 radical (unpaired) electrons. The molecule has 0 aliphatic rings. The number of benzene rings is 1. The molecule has 1 amide bonds. The van der Waals surface area contributed by atoms with Gasteiger partial charge >= 0.3 is 0 Å². The monoisotopic (exact) mass is 338 g/mol. The quantitative estimate of drug-likeness (QED) is 0.826. The van der Waals surface area contributed by atoms with Crippen molar-refractivity contribution in [3.8, 4) is 0 Å². The first-order chi connectivity index (χ1) is 8.97. The zero-order valence-corrected chi connectivity index (χ0v) is 12.8. The molecule has 0 aliphatic carbocycles. The second-order valence-corrected chi connectivity index (χ2v) is 5.45. The minimum absolute atomic E-state index is 0.181. The average molecular weight is 340 g/mol. The topological polar surface area (TPSA) is 42.0 Å². The maximum absolute atomic E-state index is 12.2. The van der Waals surface area contributed by atoms with Crippen LogP contribution in [0.25, 0.3) is 0 Å². The molecular weight excluding hydrogens is 328 g/mol. The van der Waals surface area contributed by atoms with Crippen LogP contribution in [-0.4, -0.2) is 10.9 Å². The van der Waals surface area contributed by atoms with Crippen LogP contribution in [0.15, 0.2) is 34.8 Å². The second kappa shape index (κ2) is 5.72. The molecule has 3 nitrogen and oxygen atoms in total. The Bertz CT molecular complexity index is 643. The van der Waals surface area contributed by atoms with E-state index in [2.05, 4.69) is 26.2 Å². The number of hydrogen-bond donors (Lipinski definition) is 1. The molecule has 1 N–H and O–H groups in total. The van der Waals surface area contributed by atoms with Gasteiger partial charge in [0, 0.05) is 4.47 Å². The predicted octanol–water partition coefficient (Wildman–Crippen LogP) is 4.37. The van der Waals surface area contributed by atoms with Crippen LogP contribution in [0.5, 0.6) is 0 Å². The smallest absolute Gasteiger partial charge is 0.256 e. The molecule has 0 fully saturated rings. The molecule has 0 atom stereocenters. The molecule has 1 aromatic carbocycles. The van der Waals surface area contributed by atoms with Crippen molar-refractivity contribution < 1.29 is 4.79 Å². The minimum atomic E-state index is -0.181. The number of aromatic nitrogens is 1. The zero-order valence-electron chi connectivity index (χ0n) is 10.5. The standard InChI is InChI=1S/C14H12BrClN2O/c1-8-3-4-10(11(15)7-8)14(19)18-12-5-6-13(16)17-9(12)2/h3-7H,1-2H3,(H,18,19). The summed E-state index contributed by atoms with van der Waals surface area (Å²) in [5, 5.41) is 3.23. The molecule has 1 aromatic heterocycles. The lowest BCUT2D eigenvalue weighted by Crippen LogP contribution is -2.13. The summed E-state index contributed by atoms with van der Waals surface area (Å²) in [7, 11) is 0. The number of carbonyl (C=O) groups excluding carboxylic acids is 1. The highest BCUT2D eigenvalue weighted by atomic mass is 79.9. The van der Waals surface area contributed by atoms with Crippen LogP contribution in [0.1, 0.15) is 21.6 Å². The maximum Gasteiger partial charge on any atom is 0.256 e. The van der Waals surface area contributed by atoms with Crippen molar-refractivity contribution in [3.63, 3.8) is 0 Å². The van der Waals surface area contributed by atoms with E-state index in [1.54, 1.807) is 25.1 Å². The van der Waals surface area contributed by atoms with Crippen LogP contribution in [0, 0.1) is 13.8 Å². The number of nitrogens with zero attached hydrogens (tertiary/aromatic N) is 1. The lowest BCUT2D eigenvalue weighted by molar-refractivity contribution is 0.102. The van der Waals surface area contributed by atoms with E-state index in [0.29, 0.717) is 22.1 Å². The molecule has 0 spiro atoms. The normalized spacial score (nSPS) is 10.3. The van der Waals surface area contributed by atoms with Gasteiger partial charge in [0.2, 0.25) is 0 Å². The van der Waals surface area contributed by atoms with E-state index < -0.39 is 0 Å². The van der Waals surface area contributed by atoms with Crippen molar-refractivity contribution in [1.82, 2.24) is 4.98 Å². The number of pyridine rings is 1. The van der Waals surface area contributed by atoms with E-state index >= 15 is 0 Å². The average Bonchev–Trinajstić information content (AvgIpc) is 2.32. The van der Waals surface area contributed by atoms with Crippen LogP contribution < -0.4 is 5.32 Å². The minimum Gasteiger partial charge on any atom is -0.320 e. The SMILES string of the molecule is Cc1ccc(C(=O)Nc2ccc(Cl)nc2C)c(Br)c1. The molecule has 1 heterocycles. The third-order valence-corrected chi connectivity index (χ3v) is 3.54. The highest BCUT2D eigenvalue weighted by Gasteiger charge is 2.11. The van der Waals surface area contributed by atoms with E-state index in [9.17, 15) is 4.79 Å². The summed E-state index contributed by atoms with van der Waals surface area (Å²) in [4.78, 5) is 16.3. The molecule has 2 rings (SSSR count). The Morgan fingerprint density at radius 1 is 1.26 bits per heavy atom. The summed E-state index contributed by atoms with van der Waals surface area (Å²) >= 11 is 9.18. The van der Waals surface area contributed by atoms with Gasteiger partial charge in [-0.25, -0.2) is 4.98 Å². The molecule has 0 unspecified atom stereocenters. The van der Waals surface area contributed by atoms with Crippen molar-refractivity contribution >= 4 is 39.1 Å². The molecule has 0 bridgehead atoms. The van der Waals surface area contributed by atoms with E-state index in [-0.39, 0.29) is 5.91 Å². The number of amides is 1. The van der Waals surface area contributed by atoms with Crippen LogP contribution >= 0.6 is 27.5 Å². The number of carbonyl (C=O) groups is 1. The molecule has 5 heteroatoms. The highest BCUT2D eigenvalue weighted by molar-refractivity contribution is 9.10. The summed E-state index contributed by atoms with van der Waals surface area (Å²) in [6.45, 7) is 3.77. The van der Waals surface area contributed by atoms with Crippen molar-refractivity contribution in [3.05, 3.63) is 56.8 Å². The van der Waals surface area contributed by atoms with Crippen molar-refractivity contribution in [2.75, 3.05) is 5.32 Å². The van der Waals surface area contributed by atoms with E-state index in [0.717, 1.165) is 10.0 Å². The lowest BCUT2D eigenvalue weighted by atomic mass is 10.1. The Labute approximate surface area is 125 Å². The first-order valence-corrected chi connectivity index (χ1v) is 6.85. The molecule has 19 heavy (non-hydrogen) atoms. The third-order valence-electron chi connectivity index (χ3n) is 2.67. The summed E-state index contributed by atoms with van der Waals surface area (Å²) < 4.78 is 0.768. The van der Waals surface area contributed by atoms with E-state index in [1.165, 1.54) is 0 Å². The summed E-state index contributed by atoms with van der Waals surface area (Å²) in [6, 6.07) is 8.97. The van der Waals surface area contributed by atoms with E-state index in [1.807, 2.05) is 19.1 Å². The second-order valence-electron chi connectivity index (χ2n) is 4.20. The first kappa shape index (κ1) is 14.0. The molecule has 0 aliphatic heterocycles. The van der Waals surface area contributed by atoms with Gasteiger partial charge in [0.05, 0.1) is 16.9 Å². The van der Waals surface area contributed by atoms with Gasteiger partial charge in [0.1, 0.15) is 5.15 Å². The number of halogens is 2. The van der Waals surface area contributed by atoms with Gasteiger partial charge in [-0.3, -0.25) is 4.79 Å². The van der Waals surface area contributed by atoms with Crippen LogP contribution in [-0.2, 0) is 0 Å². The Balaban J connectivity index is 2.25. The van der Waals surface area contributed by atoms with Gasteiger partial charge in [-0.15, -0.1) is 0 Å². The summed E-state index contributed by atoms with van der Waals surface area (Å²) in [6.07, 6.45) is 0. The van der Waals surface area contributed by atoms with Crippen LogP contribution in [0.3, 0.4) is 0 Å². The van der Waals surface area contributed by atoms with Gasteiger partial charge in [0.25, 0.3) is 5.91 Å². The van der Waals surface area contributed by atoms with Crippen LogP contribution in [0.2, 0.25) is 5.15 Å². The summed E-state index contributed by atoms with van der Waals surface area (Å²) in [5.74, 6) is -0.181. The largest absolute Gasteiger partial charge is 0.320 e. The Hall–Kier alpha value is -1.39. The van der Waals surface area contributed by atoms with Crippen LogP contribution in [0.4, 0.5) is 5.69 Å². The molecule has 0 saturated carbocycles. The Morgan fingerprint density at radius 3 is 2.63 bits per heavy atom. The number of anilines is 1. The lowest BCUT2D eigenvalue weighted by Gasteiger charge is -2.09. The fourth-order valence-electron chi connectivity index (χ4n) is 1.66. The van der Waals surface area contributed by atoms with Gasteiger partial charge in [-0.2, -0.15) is 0 Å². The fourth-order valence-corrected chi connectivity index (χ4v) is 2.52. The molecule has 0 saturated heterocycles. The number of hydrogen-bond acceptors (Lipinski definition) is 2. The molecular formula is C14H12BrClN2O. The number of rotatable bonds is 2. The maximum atomic E-state index is 12.2. The Morgan fingerprint density at radius 2 is 2.00 bits per heavy atom. The number of aryl methyl sites for hydroxylation is 2. The van der Waals surface area contributed by atoms with Gasteiger partial charge in [-0.1, -0.05) is 17.7 Å². The number of nitrogens with one attached hydrogen (secondary N) is 1. The van der Waals surface area contributed by atoms with Crippen molar-refractivity contribution in [1.29, 1.82) is 0 Å². The van der Waals surface area contributed by atoms with Gasteiger partial charge in [-0.05, 0) is 59.6 Å². The fraction of sp³-hybridized carbons (Fsp3) is 0.143. The summed E-state index contributed by atoms with van der Waals surface area (Å²) in [5.41, 5.74) is 3.01. The first-order valence-electron chi connectivity index (χ1n) is 5.68. The predicted molar refractivity (Wildman–Crippen MR) is 80.8 cm³/mol. The third kappa shape index (κ3) is 3.33. The van der Waals surface area contributed by atoms with Gasteiger partial charge in [0.15, 0.2) is 0 Å². The van der Waals surface area contributed by atoms with Crippen molar-refractivity contribution in [2.24, 2.45) is 0 Å². The van der Waals surface area contributed by atoms with Crippen molar-refractivity contribution in [2.45, 2.75) is 13.8 Å². The van der Waals surface area contributed by atoms with E-state index in [4.69, 9.17) is 11.6 Å². The Kier molecular flexibility index (Phi) is 4.22. The highest BCUT2D eigenvalue weighted by Crippen LogP contribution is 2.21. The van der Waals surface area contributed by atoms with Gasteiger partial charge < -0.3 is 5.32 Å². The molecule has 2 aromatic rings. The molecule has 98 valence electrons. The zero-order chi connectivity index (χ0) is 14.0.